The second-order valence-electron chi connectivity index (χ2n) is 4.36. The molecule has 4 heteroatoms. The summed E-state index contributed by atoms with van der Waals surface area (Å²) in [5.74, 6) is 1.48. The van der Waals surface area contributed by atoms with Crippen LogP contribution < -0.4 is 5.32 Å². The molecule has 0 aromatic carbocycles. The van der Waals surface area contributed by atoms with Crippen LogP contribution in [-0.2, 0) is 0 Å². The maximum absolute atomic E-state index is 8.84. The summed E-state index contributed by atoms with van der Waals surface area (Å²) in [4.78, 5) is 4.16. The lowest BCUT2D eigenvalue weighted by atomic mass is 10.1. The zero-order valence-corrected chi connectivity index (χ0v) is 9.96. The highest BCUT2D eigenvalue weighted by Crippen LogP contribution is 2.34. The quantitative estimate of drug-likeness (QED) is 0.872. The largest absolute Gasteiger partial charge is 0.366 e. The fourth-order valence-corrected chi connectivity index (χ4v) is 1.99. The van der Waals surface area contributed by atoms with E-state index in [9.17, 15) is 0 Å². The van der Waals surface area contributed by atoms with Crippen molar-refractivity contribution in [2.24, 2.45) is 5.92 Å². The summed E-state index contributed by atoms with van der Waals surface area (Å²) in [6.45, 7) is 2.12. The molecule has 0 saturated heterocycles. The van der Waals surface area contributed by atoms with Gasteiger partial charge in [-0.3, -0.25) is 0 Å². The summed E-state index contributed by atoms with van der Waals surface area (Å²) < 4.78 is 0. The molecule has 0 radical (unpaired) electrons. The number of nitrogens with one attached hydrogen (secondary N) is 1. The summed E-state index contributed by atoms with van der Waals surface area (Å²) in [6.07, 6.45) is 5.43. The molecular weight excluding hydrogens is 222 g/mol. The van der Waals surface area contributed by atoms with Crippen molar-refractivity contribution in [3.05, 3.63) is 22.8 Å². The third kappa shape index (κ3) is 2.65. The van der Waals surface area contributed by atoms with Gasteiger partial charge in [0.05, 0.1) is 5.56 Å². The average Bonchev–Trinajstić information content (AvgIpc) is 3.05. The molecule has 1 aromatic heterocycles. The molecule has 1 heterocycles. The third-order valence-electron chi connectivity index (χ3n) is 2.78. The van der Waals surface area contributed by atoms with Crippen LogP contribution in [0.25, 0.3) is 0 Å². The van der Waals surface area contributed by atoms with Crippen molar-refractivity contribution < 1.29 is 0 Å². The van der Waals surface area contributed by atoms with Crippen LogP contribution in [0.15, 0.2) is 12.3 Å². The van der Waals surface area contributed by atoms with Crippen molar-refractivity contribution in [1.82, 2.24) is 4.98 Å². The fraction of sp³-hybridized carbons (Fsp3) is 0.500. The first-order valence-electron chi connectivity index (χ1n) is 5.52. The lowest BCUT2D eigenvalue weighted by molar-refractivity contribution is 0.640. The summed E-state index contributed by atoms with van der Waals surface area (Å²) in [5, 5.41) is 12.5. The summed E-state index contributed by atoms with van der Waals surface area (Å²) in [5.41, 5.74) is 0.470. The Morgan fingerprint density at radius 3 is 3.06 bits per heavy atom. The third-order valence-corrected chi connectivity index (χ3v) is 3.16. The molecule has 1 aliphatic carbocycles. The number of nitrogens with zero attached hydrogens (tertiary/aromatic N) is 2. The minimum Gasteiger partial charge on any atom is -0.366 e. The first-order chi connectivity index (χ1) is 7.70. The van der Waals surface area contributed by atoms with Gasteiger partial charge in [0.1, 0.15) is 16.9 Å². The minimum atomic E-state index is 0.353. The summed E-state index contributed by atoms with van der Waals surface area (Å²) in [7, 11) is 0. The minimum absolute atomic E-state index is 0.353. The molecule has 1 N–H and O–H groups in total. The van der Waals surface area contributed by atoms with Crippen molar-refractivity contribution in [2.75, 3.05) is 5.32 Å². The molecule has 0 aliphatic heterocycles. The monoisotopic (exact) mass is 235 g/mol. The molecule has 1 saturated carbocycles. The molecular formula is C12H14ClN3. The van der Waals surface area contributed by atoms with E-state index in [2.05, 4.69) is 23.3 Å². The van der Waals surface area contributed by atoms with Crippen molar-refractivity contribution in [3.8, 4) is 6.07 Å². The number of rotatable bonds is 4. The Morgan fingerprint density at radius 2 is 2.44 bits per heavy atom. The van der Waals surface area contributed by atoms with Gasteiger partial charge in [-0.05, 0) is 25.3 Å². The van der Waals surface area contributed by atoms with Crippen LogP contribution in [0.3, 0.4) is 0 Å². The van der Waals surface area contributed by atoms with Gasteiger partial charge in [-0.25, -0.2) is 4.98 Å². The van der Waals surface area contributed by atoms with Crippen LogP contribution in [0, 0.1) is 17.2 Å². The standard InChI is InChI=1S/C12H14ClN3/c1-8(6-9-2-3-9)16-12-11(13)10(7-14)4-5-15-12/h4-5,8-9H,2-3,6H2,1H3,(H,15,16). The van der Waals surface area contributed by atoms with Crippen molar-refractivity contribution >= 4 is 17.4 Å². The van der Waals surface area contributed by atoms with Crippen LogP contribution in [0.5, 0.6) is 0 Å². The second kappa shape index (κ2) is 4.71. The highest BCUT2D eigenvalue weighted by atomic mass is 35.5. The predicted octanol–water partition coefficient (Wildman–Crippen LogP) is 3.21. The van der Waals surface area contributed by atoms with Gasteiger partial charge in [0.2, 0.25) is 0 Å². The Morgan fingerprint density at radius 1 is 1.69 bits per heavy atom. The molecule has 1 unspecified atom stereocenters. The molecule has 1 atom stereocenters. The second-order valence-corrected chi connectivity index (χ2v) is 4.74. The Labute approximate surface area is 100 Å². The van der Waals surface area contributed by atoms with Gasteiger partial charge in [0.25, 0.3) is 0 Å². The number of nitriles is 1. The Kier molecular flexibility index (Phi) is 3.31. The molecule has 0 bridgehead atoms. The Bertz CT molecular complexity index is 421. The molecule has 1 aromatic rings. The van der Waals surface area contributed by atoms with Crippen molar-refractivity contribution in [2.45, 2.75) is 32.2 Å². The van der Waals surface area contributed by atoms with Crippen LogP contribution in [0.1, 0.15) is 31.7 Å². The summed E-state index contributed by atoms with van der Waals surface area (Å²) in [6, 6.07) is 4.03. The highest BCUT2D eigenvalue weighted by molar-refractivity contribution is 6.34. The van der Waals surface area contributed by atoms with Gasteiger partial charge in [0.15, 0.2) is 0 Å². The van der Waals surface area contributed by atoms with E-state index in [0.29, 0.717) is 22.4 Å². The lowest BCUT2D eigenvalue weighted by Crippen LogP contribution is -2.17. The van der Waals surface area contributed by atoms with E-state index in [1.165, 1.54) is 12.8 Å². The summed E-state index contributed by atoms with van der Waals surface area (Å²) >= 11 is 6.06. The number of pyridine rings is 1. The molecule has 16 heavy (non-hydrogen) atoms. The van der Waals surface area contributed by atoms with Crippen molar-refractivity contribution in [3.63, 3.8) is 0 Å². The number of halogens is 1. The zero-order valence-electron chi connectivity index (χ0n) is 9.20. The first-order valence-corrected chi connectivity index (χ1v) is 5.89. The Hall–Kier alpha value is -1.27. The number of hydrogen-bond acceptors (Lipinski definition) is 3. The molecule has 84 valence electrons. The van der Waals surface area contributed by atoms with Gasteiger partial charge in [-0.1, -0.05) is 24.4 Å². The normalized spacial score (nSPS) is 16.6. The molecule has 1 fully saturated rings. The fourth-order valence-electron chi connectivity index (χ4n) is 1.78. The van der Waals surface area contributed by atoms with Crippen LogP contribution in [-0.4, -0.2) is 11.0 Å². The maximum atomic E-state index is 8.84. The molecule has 1 aliphatic rings. The molecule has 2 rings (SSSR count). The number of aromatic nitrogens is 1. The van der Waals surface area contributed by atoms with Crippen molar-refractivity contribution in [1.29, 1.82) is 5.26 Å². The molecule has 0 spiro atoms. The zero-order chi connectivity index (χ0) is 11.5. The van der Waals surface area contributed by atoms with Crippen LogP contribution in [0.4, 0.5) is 5.82 Å². The van der Waals surface area contributed by atoms with E-state index < -0.39 is 0 Å². The lowest BCUT2D eigenvalue weighted by Gasteiger charge is -2.15. The average molecular weight is 236 g/mol. The molecule has 3 nitrogen and oxygen atoms in total. The number of anilines is 1. The van der Waals surface area contributed by atoms with E-state index in [0.717, 1.165) is 12.3 Å². The van der Waals surface area contributed by atoms with E-state index in [4.69, 9.17) is 16.9 Å². The predicted molar refractivity (Wildman–Crippen MR) is 64.4 cm³/mol. The van der Waals surface area contributed by atoms with E-state index in [1.54, 1.807) is 12.3 Å². The Balaban J connectivity index is 2.05. The SMILES string of the molecule is CC(CC1CC1)Nc1nccc(C#N)c1Cl. The smallest absolute Gasteiger partial charge is 0.146 e. The highest BCUT2D eigenvalue weighted by Gasteiger charge is 2.24. The van der Waals surface area contributed by atoms with Crippen LogP contribution in [0.2, 0.25) is 5.02 Å². The van der Waals surface area contributed by atoms with E-state index in [-0.39, 0.29) is 0 Å². The van der Waals surface area contributed by atoms with Gasteiger partial charge < -0.3 is 5.32 Å². The molecule has 0 amide bonds. The van der Waals surface area contributed by atoms with Gasteiger partial charge in [-0.15, -0.1) is 0 Å². The maximum Gasteiger partial charge on any atom is 0.146 e. The first kappa shape index (κ1) is 11.2. The van der Waals surface area contributed by atoms with Gasteiger partial charge in [0, 0.05) is 12.2 Å². The topological polar surface area (TPSA) is 48.7 Å². The van der Waals surface area contributed by atoms with E-state index >= 15 is 0 Å². The van der Waals surface area contributed by atoms with Gasteiger partial charge in [-0.2, -0.15) is 5.26 Å². The van der Waals surface area contributed by atoms with E-state index in [1.807, 2.05) is 0 Å². The van der Waals surface area contributed by atoms with Crippen LogP contribution >= 0.6 is 11.6 Å². The number of hydrogen-bond donors (Lipinski definition) is 1. The van der Waals surface area contributed by atoms with Gasteiger partial charge >= 0.3 is 0 Å².